The third kappa shape index (κ3) is 8.21. The van der Waals surface area contributed by atoms with E-state index in [1.807, 2.05) is 13.8 Å². The van der Waals surface area contributed by atoms with Crippen molar-refractivity contribution in [2.75, 3.05) is 0 Å². The van der Waals surface area contributed by atoms with Crippen molar-refractivity contribution in [1.29, 1.82) is 0 Å². The fourth-order valence-electron chi connectivity index (χ4n) is 4.45. The second-order valence-electron chi connectivity index (χ2n) is 11.9. The van der Waals surface area contributed by atoms with E-state index in [-0.39, 0.29) is 22.7 Å². The Morgan fingerprint density at radius 3 is 1.47 bits per heavy atom. The van der Waals surface area contributed by atoms with Crippen molar-refractivity contribution < 1.29 is 31.5 Å². The highest BCUT2D eigenvalue weighted by molar-refractivity contribution is 5.73. The van der Waals surface area contributed by atoms with Crippen LogP contribution < -0.4 is 4.74 Å². The van der Waals surface area contributed by atoms with E-state index in [4.69, 9.17) is 0 Å². The van der Waals surface area contributed by atoms with Gasteiger partial charge in [-0.25, -0.2) is 13.2 Å². The van der Waals surface area contributed by atoms with Gasteiger partial charge in [-0.3, -0.25) is 4.79 Å². The van der Waals surface area contributed by atoms with Crippen molar-refractivity contribution in [2.24, 2.45) is 21.7 Å². The molecule has 0 aromatic heterocycles. The number of allylic oxidation sites excluding steroid dienone is 2. The average molecular weight is 463 g/mol. The lowest BCUT2D eigenvalue weighted by Crippen LogP contribution is -2.27. The lowest BCUT2D eigenvalue weighted by atomic mass is 9.71. The second kappa shape index (κ2) is 9.52. The molecular weight excluding hydrogens is 427 g/mol. The molecule has 7 heteroatoms. The average Bonchev–Trinajstić information content (AvgIpc) is 2.57. The number of benzene rings is 1. The quantitative estimate of drug-likeness (QED) is 0.0973. The van der Waals surface area contributed by atoms with E-state index in [0.717, 1.165) is 6.42 Å². The highest BCUT2D eigenvalue weighted by Gasteiger charge is 2.33. The molecule has 0 fully saturated rings. The van der Waals surface area contributed by atoms with Gasteiger partial charge < -0.3 is 4.74 Å². The van der Waals surface area contributed by atoms with Crippen LogP contribution in [0.3, 0.4) is 0 Å². The Morgan fingerprint density at radius 1 is 0.688 bits per heavy atom. The third-order valence-corrected chi connectivity index (χ3v) is 4.91. The summed E-state index contributed by atoms with van der Waals surface area (Å²) in [6.07, 6.45) is 5.48. The van der Waals surface area contributed by atoms with E-state index in [0.29, 0.717) is 6.42 Å². The number of ether oxygens (including phenoxy) is 1. The first-order valence-corrected chi connectivity index (χ1v) is 10.6. The summed E-state index contributed by atoms with van der Waals surface area (Å²) in [6.45, 7) is 18.4. The van der Waals surface area contributed by atoms with Gasteiger partial charge >= 0.3 is 5.97 Å². The lowest BCUT2D eigenvalue weighted by molar-refractivity contribution is -0.137. The highest BCUT2D eigenvalue weighted by Crippen LogP contribution is 2.40. The first-order chi connectivity index (χ1) is 14.2. The molecule has 0 aliphatic rings. The zero-order valence-electron chi connectivity index (χ0n) is 20.5. The normalized spacial score (nSPS) is 13.7. The van der Waals surface area contributed by atoms with Crippen LogP contribution in [0, 0.1) is 50.7 Å². The number of hydrogen-bond donors (Lipinski definition) is 0. The van der Waals surface area contributed by atoms with Gasteiger partial charge in [0.1, 0.15) is 0 Å². The van der Waals surface area contributed by atoms with Gasteiger partial charge in [0.15, 0.2) is 0 Å². The Hall–Kier alpha value is -1.92. The maximum Gasteiger partial charge on any atom is 0.311 e. The molecular formula is C25H35F5O2. The standard InChI is InChI=1S/C25H35F5O2/c1-22(2,3)13-23(4,5)10-11-24(6,7)14-25(8,9)12-15(31)32-21-19(29)17(27)16(26)18(28)20(21)30/h10-11H,12-14H2,1-9H3/b11-10-. The number of halogens is 5. The number of carbonyl (C=O) groups excluding carboxylic acids is 1. The first kappa shape index (κ1) is 28.1. The van der Waals surface area contributed by atoms with Crippen LogP contribution in [0.2, 0.25) is 0 Å². The smallest absolute Gasteiger partial charge is 0.311 e. The third-order valence-electron chi connectivity index (χ3n) is 4.91. The Labute approximate surface area is 188 Å². The van der Waals surface area contributed by atoms with Gasteiger partial charge in [0, 0.05) is 0 Å². The molecule has 0 spiro atoms. The van der Waals surface area contributed by atoms with Gasteiger partial charge in [0.25, 0.3) is 0 Å². The van der Waals surface area contributed by atoms with Crippen molar-refractivity contribution >= 4 is 5.97 Å². The van der Waals surface area contributed by atoms with E-state index in [1.54, 1.807) is 13.8 Å². The SMILES string of the molecule is CC(C)(C)CC(C)(C)/C=C\C(C)(C)CC(C)(C)CC(=O)Oc1c(F)c(F)c(F)c(F)c1F. The molecule has 0 saturated heterocycles. The molecule has 0 N–H and O–H groups in total. The number of rotatable bonds is 8. The van der Waals surface area contributed by atoms with Crippen LogP contribution >= 0.6 is 0 Å². The Kier molecular flexibility index (Phi) is 8.36. The number of carbonyl (C=O) groups is 1. The Morgan fingerprint density at radius 2 is 1.06 bits per heavy atom. The summed E-state index contributed by atoms with van der Waals surface area (Å²) in [6, 6.07) is 0. The zero-order valence-corrected chi connectivity index (χ0v) is 20.5. The summed E-state index contributed by atoms with van der Waals surface area (Å²) in [5.41, 5.74) is -0.859. The summed E-state index contributed by atoms with van der Waals surface area (Å²) >= 11 is 0. The molecule has 0 atom stereocenters. The van der Waals surface area contributed by atoms with E-state index in [2.05, 4.69) is 51.5 Å². The summed E-state index contributed by atoms with van der Waals surface area (Å²) in [5, 5.41) is 0. The molecule has 0 radical (unpaired) electrons. The topological polar surface area (TPSA) is 26.3 Å². The van der Waals surface area contributed by atoms with Crippen molar-refractivity contribution in [1.82, 2.24) is 0 Å². The molecule has 0 aliphatic heterocycles. The molecule has 1 rings (SSSR count). The molecule has 0 saturated carbocycles. The van der Waals surface area contributed by atoms with Gasteiger partial charge in [-0.15, -0.1) is 0 Å². The van der Waals surface area contributed by atoms with Gasteiger partial charge in [-0.05, 0) is 34.5 Å². The van der Waals surface area contributed by atoms with Crippen LogP contribution in [-0.4, -0.2) is 5.97 Å². The van der Waals surface area contributed by atoms with Gasteiger partial charge in [-0.1, -0.05) is 74.5 Å². The monoisotopic (exact) mass is 462 g/mol. The fraction of sp³-hybridized carbons (Fsp3) is 0.640. The van der Waals surface area contributed by atoms with Gasteiger partial charge in [0.2, 0.25) is 34.8 Å². The first-order valence-electron chi connectivity index (χ1n) is 10.6. The maximum atomic E-state index is 13.8. The van der Waals surface area contributed by atoms with Crippen molar-refractivity contribution in [3.05, 3.63) is 41.2 Å². The predicted octanol–water partition coefficient (Wildman–Crippen LogP) is 8.14. The maximum absolute atomic E-state index is 13.8. The number of hydrogen-bond acceptors (Lipinski definition) is 2. The van der Waals surface area contributed by atoms with Crippen molar-refractivity contribution in [2.45, 2.75) is 81.6 Å². The second-order valence-corrected chi connectivity index (χ2v) is 11.9. The molecule has 182 valence electrons. The predicted molar refractivity (Wildman–Crippen MR) is 116 cm³/mol. The molecule has 2 nitrogen and oxygen atoms in total. The number of esters is 1. The van der Waals surface area contributed by atoms with E-state index >= 15 is 0 Å². The molecule has 0 heterocycles. The zero-order chi connectivity index (χ0) is 25.3. The van der Waals surface area contributed by atoms with Crippen LogP contribution in [0.5, 0.6) is 5.75 Å². The molecule has 0 unspecified atom stereocenters. The lowest BCUT2D eigenvalue weighted by Gasteiger charge is -2.34. The minimum atomic E-state index is -2.30. The highest BCUT2D eigenvalue weighted by atomic mass is 19.2. The summed E-state index contributed by atoms with van der Waals surface area (Å²) in [7, 11) is 0. The van der Waals surface area contributed by atoms with Crippen LogP contribution in [0.25, 0.3) is 0 Å². The molecule has 32 heavy (non-hydrogen) atoms. The molecule has 1 aromatic carbocycles. The Balaban J connectivity index is 2.93. The van der Waals surface area contributed by atoms with Gasteiger partial charge in [0.05, 0.1) is 6.42 Å². The van der Waals surface area contributed by atoms with Crippen LogP contribution in [0.15, 0.2) is 12.2 Å². The molecule has 0 amide bonds. The summed E-state index contributed by atoms with van der Waals surface area (Å²) in [5.74, 6) is -13.6. The summed E-state index contributed by atoms with van der Waals surface area (Å²) in [4.78, 5) is 12.3. The molecule has 0 aliphatic carbocycles. The van der Waals surface area contributed by atoms with Crippen LogP contribution in [0.4, 0.5) is 22.0 Å². The van der Waals surface area contributed by atoms with Crippen LogP contribution in [0.1, 0.15) is 81.6 Å². The van der Waals surface area contributed by atoms with E-state index < -0.39 is 46.2 Å². The Bertz CT molecular complexity index is 848. The van der Waals surface area contributed by atoms with Crippen molar-refractivity contribution in [3.63, 3.8) is 0 Å². The molecule has 1 aromatic rings. The largest absolute Gasteiger partial charge is 0.420 e. The van der Waals surface area contributed by atoms with E-state index in [1.165, 1.54) is 0 Å². The van der Waals surface area contributed by atoms with E-state index in [9.17, 15) is 26.7 Å². The fourth-order valence-corrected chi connectivity index (χ4v) is 4.45. The molecule has 0 bridgehead atoms. The summed E-state index contributed by atoms with van der Waals surface area (Å²) < 4.78 is 72.0. The minimum absolute atomic E-state index is 0.0373. The minimum Gasteiger partial charge on any atom is -0.420 e. The van der Waals surface area contributed by atoms with Crippen molar-refractivity contribution in [3.8, 4) is 5.75 Å². The van der Waals surface area contributed by atoms with Gasteiger partial charge in [-0.2, -0.15) is 8.78 Å². The van der Waals surface area contributed by atoms with Crippen LogP contribution in [-0.2, 0) is 4.79 Å².